The number of rotatable bonds is 6. The second-order valence-corrected chi connectivity index (χ2v) is 7.31. The second-order valence-electron chi connectivity index (χ2n) is 6.31. The van der Waals surface area contributed by atoms with E-state index in [9.17, 15) is 4.79 Å². The third-order valence-corrected chi connectivity index (χ3v) is 5.78. The third-order valence-electron chi connectivity index (χ3n) is 4.65. The first kappa shape index (κ1) is 17.0. The van der Waals surface area contributed by atoms with Crippen LogP contribution in [0.15, 0.2) is 12.3 Å². The lowest BCUT2D eigenvalue weighted by Gasteiger charge is -2.35. The second kappa shape index (κ2) is 7.36. The maximum atomic E-state index is 11.6. The van der Waals surface area contributed by atoms with Gasteiger partial charge in [-0.05, 0) is 37.7 Å². The smallest absolute Gasteiger partial charge is 0.260 e. The first-order valence-corrected chi connectivity index (χ1v) is 9.14. The van der Waals surface area contributed by atoms with Crippen molar-refractivity contribution in [2.24, 2.45) is 11.7 Å². The van der Waals surface area contributed by atoms with Gasteiger partial charge in [-0.3, -0.25) is 4.79 Å². The molecule has 1 fully saturated rings. The third kappa shape index (κ3) is 3.32. The van der Waals surface area contributed by atoms with Gasteiger partial charge in [0.25, 0.3) is 5.91 Å². The Morgan fingerprint density at radius 2 is 2.38 bits per heavy atom. The van der Waals surface area contributed by atoms with E-state index in [4.69, 9.17) is 16.2 Å². The van der Waals surface area contributed by atoms with E-state index in [1.54, 1.807) is 13.3 Å². The molecule has 0 bridgehead atoms. The zero-order valence-electron chi connectivity index (χ0n) is 14.0. The highest BCUT2D eigenvalue weighted by atomic mass is 32.1. The molecule has 1 atom stereocenters. The summed E-state index contributed by atoms with van der Waals surface area (Å²) >= 11 is 1.27. The van der Waals surface area contributed by atoms with Gasteiger partial charge in [-0.2, -0.15) is 0 Å². The summed E-state index contributed by atoms with van der Waals surface area (Å²) in [6, 6.07) is 1.99. The molecule has 0 aliphatic carbocycles. The highest BCUT2D eigenvalue weighted by molar-refractivity contribution is 7.21. The molecule has 1 unspecified atom stereocenters. The minimum atomic E-state index is -0.488. The number of methoxy groups -OCH3 is 1. The molecule has 3 rings (SSSR count). The van der Waals surface area contributed by atoms with Gasteiger partial charge < -0.3 is 21.1 Å². The number of fused-ring (bicyclic) bond motifs is 1. The number of carbonyl (C=O) groups excluding carboxylic acids is 1. The number of hydrogen-bond donors (Lipinski definition) is 2. The van der Waals surface area contributed by atoms with Gasteiger partial charge >= 0.3 is 0 Å². The maximum absolute atomic E-state index is 11.6. The molecule has 2 aromatic heterocycles. The zero-order valence-corrected chi connectivity index (χ0v) is 14.8. The Labute approximate surface area is 145 Å². The molecule has 1 saturated heterocycles. The fourth-order valence-electron chi connectivity index (χ4n) is 3.51. The van der Waals surface area contributed by atoms with Gasteiger partial charge in [0.05, 0.1) is 16.8 Å². The Kier molecular flexibility index (Phi) is 5.20. The predicted molar refractivity (Wildman–Crippen MR) is 98.6 cm³/mol. The van der Waals surface area contributed by atoms with Crippen LogP contribution < -0.4 is 16.4 Å². The van der Waals surface area contributed by atoms with Crippen molar-refractivity contribution in [3.63, 3.8) is 0 Å². The number of nitrogen functional groups attached to an aromatic ring is 1. The summed E-state index contributed by atoms with van der Waals surface area (Å²) in [4.78, 5) is 19.5. The van der Waals surface area contributed by atoms with Gasteiger partial charge in [-0.1, -0.05) is 0 Å². The molecule has 2 aromatic rings. The van der Waals surface area contributed by atoms with Crippen LogP contribution in [0.4, 0.5) is 11.4 Å². The van der Waals surface area contributed by atoms with E-state index in [-0.39, 0.29) is 0 Å². The fourth-order valence-corrected chi connectivity index (χ4v) is 4.45. The maximum Gasteiger partial charge on any atom is 0.260 e. The van der Waals surface area contributed by atoms with Crippen LogP contribution in [-0.4, -0.2) is 37.7 Å². The molecule has 1 amide bonds. The average Bonchev–Trinajstić information content (AvgIpc) is 2.93. The number of hydrogen-bond acceptors (Lipinski definition) is 6. The minimum Gasteiger partial charge on any atom is -0.397 e. The van der Waals surface area contributed by atoms with Crippen molar-refractivity contribution in [2.45, 2.75) is 25.7 Å². The first-order valence-electron chi connectivity index (χ1n) is 8.32. The largest absolute Gasteiger partial charge is 0.397 e. The van der Waals surface area contributed by atoms with Crippen molar-refractivity contribution in [2.75, 3.05) is 37.4 Å². The fraction of sp³-hybridized carbons (Fsp3) is 0.529. The summed E-state index contributed by atoms with van der Waals surface area (Å²) in [6.45, 7) is 2.82. The number of anilines is 2. The SMILES string of the molecule is COCCCC1CCCN(c2ccnc3sc(C(N)=O)c(N)c23)C1. The Morgan fingerprint density at radius 1 is 1.54 bits per heavy atom. The molecule has 4 N–H and O–H groups in total. The predicted octanol–water partition coefficient (Wildman–Crippen LogP) is 2.62. The average molecular weight is 348 g/mol. The molecule has 0 radical (unpaired) electrons. The number of primary amides is 1. The number of ether oxygens (including phenoxy) is 1. The van der Waals surface area contributed by atoms with Gasteiger partial charge in [0.15, 0.2) is 0 Å². The number of nitrogens with two attached hydrogens (primary N) is 2. The summed E-state index contributed by atoms with van der Waals surface area (Å²) in [5.74, 6) is 0.171. The Morgan fingerprint density at radius 3 is 3.12 bits per heavy atom. The van der Waals surface area contributed by atoms with E-state index < -0.39 is 5.91 Å². The summed E-state index contributed by atoms with van der Waals surface area (Å²) in [5, 5.41) is 0.869. The van der Waals surface area contributed by atoms with Crippen LogP contribution in [0.3, 0.4) is 0 Å². The molecule has 1 aliphatic rings. The minimum absolute atomic E-state index is 0.401. The lowest BCUT2D eigenvalue weighted by atomic mass is 9.93. The van der Waals surface area contributed by atoms with Crippen LogP contribution in [0.5, 0.6) is 0 Å². The number of carbonyl (C=O) groups is 1. The van der Waals surface area contributed by atoms with Crippen LogP contribution in [0.2, 0.25) is 0 Å². The van der Waals surface area contributed by atoms with Crippen LogP contribution in [0, 0.1) is 5.92 Å². The summed E-state index contributed by atoms with van der Waals surface area (Å²) in [6.07, 6.45) is 6.46. The van der Waals surface area contributed by atoms with Gasteiger partial charge in [-0.25, -0.2) is 4.98 Å². The summed E-state index contributed by atoms with van der Waals surface area (Å²) in [7, 11) is 1.75. The van der Waals surface area contributed by atoms with Crippen molar-refractivity contribution in [3.8, 4) is 0 Å². The molecule has 24 heavy (non-hydrogen) atoms. The molecule has 0 spiro atoms. The zero-order chi connectivity index (χ0) is 17.1. The summed E-state index contributed by atoms with van der Waals surface area (Å²) in [5.41, 5.74) is 13.2. The van der Waals surface area contributed by atoms with Crippen molar-refractivity contribution in [1.82, 2.24) is 4.98 Å². The molecule has 1 aliphatic heterocycles. The molecule has 0 aromatic carbocycles. The van der Waals surface area contributed by atoms with E-state index in [1.165, 1.54) is 24.2 Å². The molecule has 7 heteroatoms. The molecular weight excluding hydrogens is 324 g/mol. The van der Waals surface area contributed by atoms with Crippen molar-refractivity contribution < 1.29 is 9.53 Å². The van der Waals surface area contributed by atoms with E-state index in [2.05, 4.69) is 9.88 Å². The molecule has 0 saturated carbocycles. The molecule has 3 heterocycles. The first-order chi connectivity index (χ1) is 11.6. The number of thiophene rings is 1. The normalized spacial score (nSPS) is 18.2. The lowest BCUT2D eigenvalue weighted by Crippen LogP contribution is -2.35. The molecule has 6 nitrogen and oxygen atoms in total. The number of pyridine rings is 1. The van der Waals surface area contributed by atoms with Gasteiger partial charge in [0, 0.05) is 33.0 Å². The summed E-state index contributed by atoms with van der Waals surface area (Å²) < 4.78 is 5.16. The molecule has 130 valence electrons. The van der Waals surface area contributed by atoms with Crippen LogP contribution in [0.1, 0.15) is 35.4 Å². The Balaban J connectivity index is 1.87. The highest BCUT2D eigenvalue weighted by Gasteiger charge is 2.24. The van der Waals surface area contributed by atoms with E-state index in [0.717, 1.165) is 48.4 Å². The number of amides is 1. The van der Waals surface area contributed by atoms with E-state index in [0.29, 0.717) is 16.5 Å². The van der Waals surface area contributed by atoms with Crippen molar-refractivity contribution >= 4 is 38.8 Å². The van der Waals surface area contributed by atoms with Gasteiger partial charge in [-0.15, -0.1) is 11.3 Å². The monoisotopic (exact) mass is 348 g/mol. The highest BCUT2D eigenvalue weighted by Crippen LogP contribution is 2.39. The van der Waals surface area contributed by atoms with E-state index >= 15 is 0 Å². The Bertz CT molecular complexity index is 731. The van der Waals surface area contributed by atoms with Crippen LogP contribution >= 0.6 is 11.3 Å². The van der Waals surface area contributed by atoms with Crippen molar-refractivity contribution in [1.29, 1.82) is 0 Å². The van der Waals surface area contributed by atoms with Gasteiger partial charge in [0.1, 0.15) is 9.71 Å². The lowest BCUT2D eigenvalue weighted by molar-refractivity contribution is 0.100. The standard InChI is InChI=1S/C17H24N4O2S/c1-23-9-3-5-11-4-2-8-21(10-11)12-6-7-20-17-13(12)14(18)15(24-17)16(19)22/h6-7,11H,2-5,8-10,18H2,1H3,(H2,19,22). The van der Waals surface area contributed by atoms with Crippen LogP contribution in [-0.2, 0) is 4.74 Å². The molecular formula is C17H24N4O2S. The quantitative estimate of drug-likeness (QED) is 0.783. The number of aromatic nitrogens is 1. The van der Waals surface area contributed by atoms with Gasteiger partial charge in [0.2, 0.25) is 0 Å². The number of nitrogens with zero attached hydrogens (tertiary/aromatic N) is 2. The van der Waals surface area contributed by atoms with E-state index in [1.807, 2.05) is 6.07 Å². The van der Waals surface area contributed by atoms with Crippen molar-refractivity contribution in [3.05, 3.63) is 17.1 Å². The number of piperidine rings is 1. The van der Waals surface area contributed by atoms with Crippen LogP contribution in [0.25, 0.3) is 10.2 Å². The Hall–Kier alpha value is -1.86. The topological polar surface area (TPSA) is 94.5 Å².